The molecule has 0 saturated carbocycles. The van der Waals surface area contributed by atoms with E-state index in [4.69, 9.17) is 9.78 Å². The van der Waals surface area contributed by atoms with Crippen LogP contribution in [0.1, 0.15) is 23.6 Å². The number of hydrogen-bond acceptors (Lipinski definition) is 5. The number of carbonyl (C=O) groups is 2. The molecular formula is C24H23F3N2O4S. The maximum absolute atomic E-state index is 13.8. The van der Waals surface area contributed by atoms with E-state index in [9.17, 15) is 22.8 Å². The van der Waals surface area contributed by atoms with Crippen LogP contribution >= 0.6 is 11.8 Å². The Morgan fingerprint density at radius 1 is 1.03 bits per heavy atom. The Kier molecular flexibility index (Phi) is 7.18. The number of rotatable bonds is 4. The van der Waals surface area contributed by atoms with Gasteiger partial charge in [0, 0.05) is 61.0 Å². The van der Waals surface area contributed by atoms with Crippen LogP contribution in [0.3, 0.4) is 0 Å². The van der Waals surface area contributed by atoms with Gasteiger partial charge in [-0.15, -0.1) is 0 Å². The summed E-state index contributed by atoms with van der Waals surface area (Å²) in [4.78, 5) is 37.8. The van der Waals surface area contributed by atoms with E-state index in [1.165, 1.54) is 25.1 Å². The summed E-state index contributed by atoms with van der Waals surface area (Å²) in [5.41, 5.74) is 0.398. The number of piperazine rings is 1. The van der Waals surface area contributed by atoms with Gasteiger partial charge in [-0.25, -0.2) is 0 Å². The Balaban J connectivity index is 1.49. The standard InChI is InChI=1S/C24H23F3N2O4S/c1-16(30)28-9-11-29(12-10-28)23(31)7-3-17-2-6-22(20(14-17)24(25,26)27)34-19-4-5-21-18(15-19)8-13-32-33-21/h2-7,14-15H,8-13H2,1H3/b7-3+. The van der Waals surface area contributed by atoms with Gasteiger partial charge in [-0.05, 0) is 42.0 Å². The van der Waals surface area contributed by atoms with Gasteiger partial charge in [-0.1, -0.05) is 17.8 Å². The Labute approximate surface area is 199 Å². The highest BCUT2D eigenvalue weighted by Crippen LogP contribution is 2.41. The van der Waals surface area contributed by atoms with Gasteiger partial charge in [-0.2, -0.15) is 18.1 Å². The van der Waals surface area contributed by atoms with Crippen molar-refractivity contribution >= 4 is 29.7 Å². The second kappa shape index (κ2) is 10.1. The summed E-state index contributed by atoms with van der Waals surface area (Å²) in [6.07, 6.45) is -1.27. The van der Waals surface area contributed by atoms with Crippen molar-refractivity contribution in [1.29, 1.82) is 0 Å². The van der Waals surface area contributed by atoms with E-state index in [2.05, 4.69) is 0 Å². The van der Waals surface area contributed by atoms with Gasteiger partial charge in [0.25, 0.3) is 0 Å². The van der Waals surface area contributed by atoms with Crippen LogP contribution in [-0.4, -0.2) is 54.4 Å². The van der Waals surface area contributed by atoms with Gasteiger partial charge in [0.2, 0.25) is 11.8 Å². The van der Waals surface area contributed by atoms with E-state index in [0.717, 1.165) is 23.4 Å². The maximum Gasteiger partial charge on any atom is 0.417 e. The van der Waals surface area contributed by atoms with Crippen LogP contribution in [0.4, 0.5) is 13.2 Å². The van der Waals surface area contributed by atoms with E-state index < -0.39 is 11.7 Å². The number of amides is 2. The monoisotopic (exact) mass is 492 g/mol. The SMILES string of the molecule is CC(=O)N1CCN(C(=O)/C=C/c2ccc(Sc3ccc4c(c3)CCOO4)c(C(F)(F)F)c2)CC1. The predicted molar refractivity (Wildman–Crippen MR) is 120 cm³/mol. The molecule has 10 heteroatoms. The summed E-state index contributed by atoms with van der Waals surface area (Å²) in [7, 11) is 0. The van der Waals surface area contributed by atoms with Crippen LogP contribution in [0.2, 0.25) is 0 Å². The lowest BCUT2D eigenvalue weighted by Crippen LogP contribution is -2.49. The molecular weight excluding hydrogens is 469 g/mol. The summed E-state index contributed by atoms with van der Waals surface area (Å²) in [6.45, 7) is 3.55. The Bertz CT molecular complexity index is 1110. The van der Waals surface area contributed by atoms with E-state index in [1.54, 1.807) is 34.1 Å². The molecule has 180 valence electrons. The molecule has 0 aliphatic carbocycles. The predicted octanol–water partition coefficient (Wildman–Crippen LogP) is 4.43. The highest BCUT2D eigenvalue weighted by atomic mass is 32.2. The molecule has 2 aromatic rings. The topological polar surface area (TPSA) is 59.1 Å². The lowest BCUT2D eigenvalue weighted by Gasteiger charge is -2.33. The summed E-state index contributed by atoms with van der Waals surface area (Å²) >= 11 is 1.02. The van der Waals surface area contributed by atoms with Gasteiger partial charge in [0.05, 0.1) is 12.2 Å². The third kappa shape index (κ3) is 5.74. The first kappa shape index (κ1) is 24.2. The molecule has 0 spiro atoms. The molecule has 2 aliphatic heterocycles. The second-order valence-electron chi connectivity index (χ2n) is 7.94. The largest absolute Gasteiger partial charge is 0.417 e. The molecule has 0 atom stereocenters. The molecule has 0 bridgehead atoms. The fourth-order valence-electron chi connectivity index (χ4n) is 3.76. The normalized spacial score (nSPS) is 16.4. The number of nitrogens with zero attached hydrogens (tertiary/aromatic N) is 2. The quantitative estimate of drug-likeness (QED) is 0.467. The van der Waals surface area contributed by atoms with E-state index >= 15 is 0 Å². The van der Waals surface area contributed by atoms with Crippen LogP contribution in [0.15, 0.2) is 52.3 Å². The van der Waals surface area contributed by atoms with Crippen LogP contribution in [0.25, 0.3) is 6.08 Å². The number of halogens is 3. The van der Waals surface area contributed by atoms with Crippen LogP contribution in [0, 0.1) is 0 Å². The fraction of sp³-hybridized carbons (Fsp3) is 0.333. The van der Waals surface area contributed by atoms with Gasteiger partial charge < -0.3 is 14.7 Å². The summed E-state index contributed by atoms with van der Waals surface area (Å²) in [5.74, 6) is 0.230. The number of alkyl halides is 3. The Hall–Kier alpha value is -2.98. The highest BCUT2D eigenvalue weighted by molar-refractivity contribution is 7.99. The zero-order valence-electron chi connectivity index (χ0n) is 18.4. The van der Waals surface area contributed by atoms with Crippen molar-refractivity contribution in [2.75, 3.05) is 32.8 Å². The molecule has 6 nitrogen and oxygen atoms in total. The zero-order chi connectivity index (χ0) is 24.3. The first-order chi connectivity index (χ1) is 16.2. The van der Waals surface area contributed by atoms with Gasteiger partial charge in [-0.3, -0.25) is 9.59 Å². The lowest BCUT2D eigenvalue weighted by molar-refractivity contribution is -0.215. The average Bonchev–Trinajstić information content (AvgIpc) is 2.82. The van der Waals surface area contributed by atoms with Crippen LogP contribution in [0.5, 0.6) is 5.75 Å². The first-order valence-electron chi connectivity index (χ1n) is 10.7. The third-order valence-corrected chi connectivity index (χ3v) is 6.69. The summed E-state index contributed by atoms with van der Waals surface area (Å²) in [6, 6.07) is 9.21. The smallest absolute Gasteiger partial charge is 0.339 e. The van der Waals surface area contributed by atoms with Crippen molar-refractivity contribution in [1.82, 2.24) is 9.80 Å². The Morgan fingerprint density at radius 2 is 1.76 bits per heavy atom. The van der Waals surface area contributed by atoms with Gasteiger partial charge >= 0.3 is 6.18 Å². The van der Waals surface area contributed by atoms with Gasteiger partial charge in [0.15, 0.2) is 5.75 Å². The number of benzene rings is 2. The minimum absolute atomic E-state index is 0.0435. The first-order valence-corrected chi connectivity index (χ1v) is 11.6. The van der Waals surface area contributed by atoms with Crippen molar-refractivity contribution < 1.29 is 32.5 Å². The van der Waals surface area contributed by atoms with E-state index in [0.29, 0.717) is 49.9 Å². The zero-order valence-corrected chi connectivity index (χ0v) is 19.2. The van der Waals surface area contributed by atoms with Crippen molar-refractivity contribution in [2.45, 2.75) is 29.3 Å². The number of hydrogen-bond donors (Lipinski definition) is 0. The van der Waals surface area contributed by atoms with Crippen molar-refractivity contribution in [3.8, 4) is 5.75 Å². The highest BCUT2D eigenvalue weighted by Gasteiger charge is 2.34. The fourth-order valence-corrected chi connectivity index (χ4v) is 4.77. The molecule has 0 N–H and O–H groups in total. The molecule has 2 aromatic carbocycles. The molecule has 2 heterocycles. The van der Waals surface area contributed by atoms with Crippen molar-refractivity contribution in [2.24, 2.45) is 0 Å². The number of fused-ring (bicyclic) bond motifs is 1. The van der Waals surface area contributed by atoms with Crippen molar-refractivity contribution in [3.05, 3.63) is 59.2 Å². The molecule has 4 rings (SSSR count). The Morgan fingerprint density at radius 3 is 2.47 bits per heavy atom. The molecule has 0 aromatic heterocycles. The minimum Gasteiger partial charge on any atom is -0.339 e. The summed E-state index contributed by atoms with van der Waals surface area (Å²) < 4.78 is 41.4. The lowest BCUT2D eigenvalue weighted by atomic mass is 10.1. The van der Waals surface area contributed by atoms with Crippen LogP contribution < -0.4 is 4.89 Å². The van der Waals surface area contributed by atoms with E-state index in [-0.39, 0.29) is 22.3 Å². The van der Waals surface area contributed by atoms with Crippen LogP contribution in [-0.2, 0) is 27.1 Å². The third-order valence-electron chi connectivity index (χ3n) is 5.63. The molecule has 1 fully saturated rings. The van der Waals surface area contributed by atoms with Gasteiger partial charge in [0.1, 0.15) is 0 Å². The molecule has 34 heavy (non-hydrogen) atoms. The van der Waals surface area contributed by atoms with E-state index in [1.807, 2.05) is 0 Å². The molecule has 0 radical (unpaired) electrons. The minimum atomic E-state index is -4.55. The average molecular weight is 493 g/mol. The molecule has 0 unspecified atom stereocenters. The molecule has 2 amide bonds. The number of carbonyl (C=O) groups excluding carboxylic acids is 2. The molecule has 2 aliphatic rings. The second-order valence-corrected chi connectivity index (χ2v) is 9.06. The maximum atomic E-state index is 13.8. The summed E-state index contributed by atoms with van der Waals surface area (Å²) in [5, 5.41) is 0. The molecule has 1 saturated heterocycles. The van der Waals surface area contributed by atoms with Crippen molar-refractivity contribution in [3.63, 3.8) is 0 Å².